The lowest BCUT2D eigenvalue weighted by Crippen LogP contribution is -2.36. The number of amides is 2. The third kappa shape index (κ3) is 4.47. The SMILES string of the molecule is COc1cc(C=NN2C(=O)c3cccc4cccc(c34)C2=O)cc(Br)c1OCc1ccc(Br)cc1. The molecule has 0 atom stereocenters. The second kappa shape index (κ2) is 9.64. The number of rotatable bonds is 6. The van der Waals surface area contributed by atoms with Crippen LogP contribution in [0.3, 0.4) is 0 Å². The average molecular weight is 594 g/mol. The van der Waals surface area contributed by atoms with Crippen LogP contribution in [0.4, 0.5) is 0 Å². The lowest BCUT2D eigenvalue weighted by molar-refractivity contribution is 0.0616. The second-order valence-corrected chi connectivity index (χ2v) is 9.60. The van der Waals surface area contributed by atoms with Crippen molar-refractivity contribution in [3.05, 3.63) is 104 Å². The van der Waals surface area contributed by atoms with Crippen LogP contribution in [0.1, 0.15) is 31.8 Å². The number of hydrogen-bond donors (Lipinski definition) is 0. The van der Waals surface area contributed by atoms with E-state index in [1.54, 1.807) is 43.5 Å². The number of methoxy groups -OCH3 is 1. The fourth-order valence-electron chi connectivity index (χ4n) is 3.94. The van der Waals surface area contributed by atoms with E-state index in [1.807, 2.05) is 36.4 Å². The van der Waals surface area contributed by atoms with Crippen molar-refractivity contribution in [2.24, 2.45) is 5.10 Å². The summed E-state index contributed by atoms with van der Waals surface area (Å²) in [5.74, 6) is 0.106. The van der Waals surface area contributed by atoms with Gasteiger partial charge in [0.05, 0.1) is 28.9 Å². The quantitative estimate of drug-likeness (QED) is 0.187. The minimum absolute atomic E-state index is 0.359. The zero-order valence-corrected chi connectivity index (χ0v) is 21.7. The third-order valence-corrected chi connectivity index (χ3v) is 6.74. The number of carbonyl (C=O) groups is 2. The highest BCUT2D eigenvalue weighted by Gasteiger charge is 2.32. The maximum atomic E-state index is 13.1. The molecule has 0 aromatic heterocycles. The van der Waals surface area contributed by atoms with Crippen molar-refractivity contribution in [1.82, 2.24) is 5.01 Å². The Morgan fingerprint density at radius 3 is 2.20 bits per heavy atom. The molecule has 8 heteroatoms. The fourth-order valence-corrected chi connectivity index (χ4v) is 4.78. The normalized spacial score (nSPS) is 13.1. The van der Waals surface area contributed by atoms with Crippen molar-refractivity contribution in [2.75, 3.05) is 7.11 Å². The van der Waals surface area contributed by atoms with Gasteiger partial charge in [-0.05, 0) is 68.8 Å². The van der Waals surface area contributed by atoms with Gasteiger partial charge in [-0.15, -0.1) is 0 Å². The molecule has 0 bridgehead atoms. The molecule has 0 unspecified atom stereocenters. The number of hydrogen-bond acceptors (Lipinski definition) is 5. The Morgan fingerprint density at radius 2 is 1.57 bits per heavy atom. The summed E-state index contributed by atoms with van der Waals surface area (Å²) in [5, 5.41) is 6.64. The van der Waals surface area contributed by atoms with Crippen LogP contribution in [-0.2, 0) is 6.61 Å². The minimum Gasteiger partial charge on any atom is -0.493 e. The number of benzene rings is 4. The van der Waals surface area contributed by atoms with E-state index < -0.39 is 11.8 Å². The van der Waals surface area contributed by atoms with E-state index in [9.17, 15) is 9.59 Å². The average Bonchev–Trinajstić information content (AvgIpc) is 2.87. The molecular formula is C27H18Br2N2O4. The van der Waals surface area contributed by atoms with E-state index in [2.05, 4.69) is 37.0 Å². The highest BCUT2D eigenvalue weighted by Crippen LogP contribution is 2.37. The molecule has 174 valence electrons. The van der Waals surface area contributed by atoms with Crippen molar-refractivity contribution >= 4 is 60.7 Å². The van der Waals surface area contributed by atoms with Gasteiger partial charge in [-0.1, -0.05) is 52.3 Å². The standard InChI is InChI=1S/C27H18Br2N2O4/c1-34-23-13-17(12-22(29)25(23)35-15-16-8-10-19(28)11-9-16)14-30-31-26(32)20-6-2-4-18-5-3-7-21(24(18)20)27(31)33/h2-14H,15H2,1H3. The van der Waals surface area contributed by atoms with Crippen LogP contribution < -0.4 is 9.47 Å². The molecule has 0 radical (unpaired) electrons. The van der Waals surface area contributed by atoms with Crippen LogP contribution in [0.25, 0.3) is 10.8 Å². The Labute approximate surface area is 218 Å². The van der Waals surface area contributed by atoms with E-state index in [-0.39, 0.29) is 0 Å². The Kier molecular flexibility index (Phi) is 6.40. The molecule has 1 aliphatic heterocycles. The van der Waals surface area contributed by atoms with Crippen LogP contribution in [0.2, 0.25) is 0 Å². The summed E-state index contributed by atoms with van der Waals surface area (Å²) in [6, 6.07) is 22.1. The van der Waals surface area contributed by atoms with Gasteiger partial charge in [0.25, 0.3) is 11.8 Å². The minimum atomic E-state index is -0.462. The van der Waals surface area contributed by atoms with Crippen molar-refractivity contribution in [3.8, 4) is 11.5 Å². The molecule has 2 amide bonds. The van der Waals surface area contributed by atoms with E-state index in [0.29, 0.717) is 44.7 Å². The summed E-state index contributed by atoms with van der Waals surface area (Å²) in [6.07, 6.45) is 1.45. The van der Waals surface area contributed by atoms with Gasteiger partial charge in [-0.25, -0.2) is 0 Å². The van der Waals surface area contributed by atoms with Crippen LogP contribution in [0.15, 0.2) is 86.8 Å². The summed E-state index contributed by atoms with van der Waals surface area (Å²) in [6.45, 7) is 0.359. The molecule has 5 rings (SSSR count). The van der Waals surface area contributed by atoms with Gasteiger partial charge in [-0.2, -0.15) is 10.1 Å². The first-order chi connectivity index (χ1) is 17.0. The molecule has 0 saturated carbocycles. The number of nitrogens with zero attached hydrogens (tertiary/aromatic N) is 2. The Bertz CT molecular complexity index is 1450. The van der Waals surface area contributed by atoms with Crippen molar-refractivity contribution < 1.29 is 19.1 Å². The van der Waals surface area contributed by atoms with Gasteiger partial charge in [0, 0.05) is 9.86 Å². The smallest absolute Gasteiger partial charge is 0.282 e. The molecule has 4 aromatic rings. The first-order valence-electron chi connectivity index (χ1n) is 10.7. The van der Waals surface area contributed by atoms with Gasteiger partial charge < -0.3 is 9.47 Å². The lowest BCUT2D eigenvalue weighted by atomic mass is 9.95. The topological polar surface area (TPSA) is 68.2 Å². The van der Waals surface area contributed by atoms with Crippen LogP contribution in [0.5, 0.6) is 11.5 Å². The Balaban J connectivity index is 1.41. The molecule has 4 aromatic carbocycles. The molecule has 0 aliphatic carbocycles. The van der Waals surface area contributed by atoms with E-state index in [4.69, 9.17) is 9.47 Å². The number of hydrazone groups is 1. The molecule has 0 saturated heterocycles. The van der Waals surface area contributed by atoms with Gasteiger partial charge in [0.2, 0.25) is 0 Å². The Morgan fingerprint density at radius 1 is 0.914 bits per heavy atom. The zero-order valence-electron chi connectivity index (χ0n) is 18.5. The Hall–Kier alpha value is -3.49. The highest BCUT2D eigenvalue weighted by atomic mass is 79.9. The molecule has 6 nitrogen and oxygen atoms in total. The van der Waals surface area contributed by atoms with Gasteiger partial charge >= 0.3 is 0 Å². The van der Waals surface area contributed by atoms with Crippen LogP contribution in [0, 0.1) is 0 Å². The third-order valence-electron chi connectivity index (χ3n) is 5.62. The molecular weight excluding hydrogens is 576 g/mol. The molecule has 1 aliphatic rings. The van der Waals surface area contributed by atoms with E-state index in [1.165, 1.54) is 6.21 Å². The summed E-state index contributed by atoms with van der Waals surface area (Å²) in [4.78, 5) is 26.1. The molecule has 0 spiro atoms. The van der Waals surface area contributed by atoms with Crippen molar-refractivity contribution in [2.45, 2.75) is 6.61 Å². The van der Waals surface area contributed by atoms with Crippen LogP contribution >= 0.6 is 31.9 Å². The lowest BCUT2D eigenvalue weighted by Gasteiger charge is -2.23. The highest BCUT2D eigenvalue weighted by molar-refractivity contribution is 9.10. The maximum Gasteiger partial charge on any atom is 0.282 e. The summed E-state index contributed by atoms with van der Waals surface area (Å²) in [7, 11) is 1.55. The monoisotopic (exact) mass is 592 g/mol. The number of carbonyl (C=O) groups excluding carboxylic acids is 2. The summed E-state index contributed by atoms with van der Waals surface area (Å²) < 4.78 is 13.2. The second-order valence-electron chi connectivity index (χ2n) is 7.83. The largest absolute Gasteiger partial charge is 0.493 e. The predicted octanol–water partition coefficient (Wildman–Crippen LogP) is 6.58. The first-order valence-corrected chi connectivity index (χ1v) is 12.2. The molecule has 0 N–H and O–H groups in total. The number of imide groups is 1. The number of halogens is 2. The van der Waals surface area contributed by atoms with E-state index >= 15 is 0 Å². The molecule has 0 fully saturated rings. The summed E-state index contributed by atoms with van der Waals surface area (Å²) >= 11 is 6.96. The van der Waals surface area contributed by atoms with Gasteiger partial charge in [0.1, 0.15) is 6.61 Å². The fraction of sp³-hybridized carbons (Fsp3) is 0.0741. The van der Waals surface area contributed by atoms with Gasteiger partial charge in [-0.3, -0.25) is 9.59 Å². The van der Waals surface area contributed by atoms with Crippen molar-refractivity contribution in [1.29, 1.82) is 0 Å². The van der Waals surface area contributed by atoms with E-state index in [0.717, 1.165) is 20.4 Å². The number of ether oxygens (including phenoxy) is 2. The van der Waals surface area contributed by atoms with Crippen LogP contribution in [-0.4, -0.2) is 30.1 Å². The van der Waals surface area contributed by atoms with Crippen molar-refractivity contribution in [3.63, 3.8) is 0 Å². The first kappa shape index (κ1) is 23.3. The van der Waals surface area contributed by atoms with Gasteiger partial charge in [0.15, 0.2) is 11.5 Å². The zero-order chi connectivity index (χ0) is 24.5. The maximum absolute atomic E-state index is 13.1. The molecule has 1 heterocycles. The summed E-state index contributed by atoms with van der Waals surface area (Å²) in [5.41, 5.74) is 2.53. The predicted molar refractivity (Wildman–Crippen MR) is 141 cm³/mol. The molecule has 35 heavy (non-hydrogen) atoms.